The van der Waals surface area contributed by atoms with Gasteiger partial charge in [-0.25, -0.2) is 0 Å². The monoisotopic (exact) mass is 181 g/mol. The Morgan fingerprint density at radius 1 is 1.54 bits per heavy atom. The summed E-state index contributed by atoms with van der Waals surface area (Å²) >= 11 is 0. The lowest BCUT2D eigenvalue weighted by molar-refractivity contribution is -0.255. The van der Waals surface area contributed by atoms with Gasteiger partial charge in [-0.3, -0.25) is 4.98 Å². The Kier molecular flexibility index (Phi) is 4.69. The second-order valence-corrected chi connectivity index (χ2v) is 2.62. The summed E-state index contributed by atoms with van der Waals surface area (Å²) in [5.41, 5.74) is 1.10. The summed E-state index contributed by atoms with van der Waals surface area (Å²) in [5.74, 6) is -1.17. The molecule has 3 N–H and O–H groups in total. The van der Waals surface area contributed by atoms with Gasteiger partial charge >= 0.3 is 0 Å². The molecule has 1 heterocycles. The van der Waals surface area contributed by atoms with Gasteiger partial charge in [0.1, 0.15) is 0 Å². The van der Waals surface area contributed by atoms with Crippen molar-refractivity contribution < 1.29 is 9.90 Å². The molecule has 0 unspecified atom stereocenters. The zero-order chi connectivity index (χ0) is 8.97. The van der Waals surface area contributed by atoms with Crippen LogP contribution in [-0.2, 0) is 6.42 Å². The first-order valence-electron chi connectivity index (χ1n) is 3.89. The van der Waals surface area contributed by atoms with Crippen LogP contribution in [0.4, 0.5) is 0 Å². The Hall–Kier alpha value is -1.42. The maximum absolute atomic E-state index is 10.4. The predicted octanol–water partition coefficient (Wildman–Crippen LogP) is 0.560. The van der Waals surface area contributed by atoms with Crippen LogP contribution in [-0.4, -0.2) is 11.0 Å². The van der Waals surface area contributed by atoms with Gasteiger partial charge < -0.3 is 16.1 Å². The molecular formula is C9H13N2O2-. The number of carbonyl (C=O) groups is 1. The molecule has 1 aromatic heterocycles. The number of aryl methyl sites for hydroxylation is 1. The fraction of sp³-hybridized carbons (Fsp3) is 0.333. The minimum Gasteiger partial charge on any atom is -0.545 e. The first kappa shape index (κ1) is 11.6. The third-order valence-corrected chi connectivity index (χ3v) is 1.57. The fourth-order valence-electron chi connectivity index (χ4n) is 1.02. The average molecular weight is 181 g/mol. The van der Waals surface area contributed by atoms with Gasteiger partial charge in [0, 0.05) is 18.0 Å². The topological polar surface area (TPSA) is 88.0 Å². The van der Waals surface area contributed by atoms with Crippen molar-refractivity contribution in [1.82, 2.24) is 11.1 Å². The molecule has 4 nitrogen and oxygen atoms in total. The Morgan fingerprint density at radius 2 is 2.23 bits per heavy atom. The Bertz CT molecular complexity index is 287. The largest absolute Gasteiger partial charge is 0.545 e. The third kappa shape index (κ3) is 3.21. The van der Waals surface area contributed by atoms with E-state index in [0.717, 1.165) is 18.4 Å². The number of aromatic carboxylic acids is 1. The van der Waals surface area contributed by atoms with Gasteiger partial charge in [0.05, 0.1) is 5.97 Å². The lowest BCUT2D eigenvalue weighted by Gasteiger charge is -2.03. The molecule has 0 aromatic carbocycles. The molecule has 72 valence electrons. The predicted molar refractivity (Wildman–Crippen MR) is 47.6 cm³/mol. The van der Waals surface area contributed by atoms with Crippen LogP contribution < -0.4 is 11.3 Å². The minimum absolute atomic E-state index is 0. The maximum atomic E-state index is 10.4. The van der Waals surface area contributed by atoms with E-state index in [1.165, 1.54) is 6.20 Å². The SMILES string of the molecule is CCCc1cncc(C(=O)[O-])c1.N. The molecule has 0 fully saturated rings. The van der Waals surface area contributed by atoms with E-state index in [1.54, 1.807) is 12.3 Å². The molecule has 0 saturated heterocycles. The summed E-state index contributed by atoms with van der Waals surface area (Å²) in [5, 5.41) is 10.4. The van der Waals surface area contributed by atoms with Crippen LogP contribution in [0, 0.1) is 0 Å². The normalized spacial score (nSPS) is 9.00. The smallest absolute Gasteiger partial charge is 0.0730 e. The fourth-order valence-corrected chi connectivity index (χ4v) is 1.02. The molecule has 13 heavy (non-hydrogen) atoms. The summed E-state index contributed by atoms with van der Waals surface area (Å²) in [6.07, 6.45) is 4.82. The molecule has 0 saturated carbocycles. The van der Waals surface area contributed by atoms with E-state index in [2.05, 4.69) is 4.98 Å². The summed E-state index contributed by atoms with van der Waals surface area (Å²) < 4.78 is 0. The van der Waals surface area contributed by atoms with Crippen molar-refractivity contribution in [3.8, 4) is 0 Å². The van der Waals surface area contributed by atoms with Crippen LogP contribution in [0.2, 0.25) is 0 Å². The number of nitrogens with zero attached hydrogens (tertiary/aromatic N) is 1. The molecule has 1 rings (SSSR count). The molecule has 0 radical (unpaired) electrons. The van der Waals surface area contributed by atoms with Crippen LogP contribution in [0.3, 0.4) is 0 Å². The van der Waals surface area contributed by atoms with Crippen molar-refractivity contribution in [2.45, 2.75) is 19.8 Å². The van der Waals surface area contributed by atoms with E-state index in [1.807, 2.05) is 6.92 Å². The molecule has 4 heteroatoms. The number of hydrogen-bond acceptors (Lipinski definition) is 4. The van der Waals surface area contributed by atoms with Crippen LogP contribution >= 0.6 is 0 Å². The number of carboxylic acid groups (broad SMARTS) is 1. The molecule has 0 aliphatic heterocycles. The lowest BCUT2D eigenvalue weighted by atomic mass is 10.1. The van der Waals surface area contributed by atoms with Crippen molar-refractivity contribution >= 4 is 5.97 Å². The molecular weight excluding hydrogens is 168 g/mol. The maximum Gasteiger partial charge on any atom is 0.0730 e. The molecule has 0 bridgehead atoms. The van der Waals surface area contributed by atoms with Crippen molar-refractivity contribution in [2.24, 2.45) is 0 Å². The third-order valence-electron chi connectivity index (χ3n) is 1.57. The van der Waals surface area contributed by atoms with Crippen LogP contribution in [0.15, 0.2) is 18.5 Å². The zero-order valence-corrected chi connectivity index (χ0v) is 7.62. The van der Waals surface area contributed by atoms with Gasteiger partial charge in [0.25, 0.3) is 0 Å². The average Bonchev–Trinajstić information content (AvgIpc) is 2.05. The number of carboxylic acids is 1. The van der Waals surface area contributed by atoms with E-state index >= 15 is 0 Å². The van der Waals surface area contributed by atoms with Gasteiger partial charge in [0.15, 0.2) is 0 Å². The van der Waals surface area contributed by atoms with E-state index < -0.39 is 5.97 Å². The number of aromatic nitrogens is 1. The molecule has 1 aromatic rings. The van der Waals surface area contributed by atoms with Crippen molar-refractivity contribution in [3.63, 3.8) is 0 Å². The number of pyridine rings is 1. The lowest BCUT2D eigenvalue weighted by Crippen LogP contribution is -2.22. The van der Waals surface area contributed by atoms with Crippen molar-refractivity contribution in [3.05, 3.63) is 29.6 Å². The second-order valence-electron chi connectivity index (χ2n) is 2.62. The molecule has 0 aliphatic rings. The molecule has 0 spiro atoms. The van der Waals surface area contributed by atoms with Crippen LogP contribution in [0.25, 0.3) is 0 Å². The zero-order valence-electron chi connectivity index (χ0n) is 7.62. The van der Waals surface area contributed by atoms with E-state index in [4.69, 9.17) is 0 Å². The highest BCUT2D eigenvalue weighted by atomic mass is 16.4. The quantitative estimate of drug-likeness (QED) is 0.737. The number of carbonyl (C=O) groups excluding carboxylic acids is 1. The number of hydrogen-bond donors (Lipinski definition) is 1. The van der Waals surface area contributed by atoms with Crippen molar-refractivity contribution in [1.29, 1.82) is 0 Å². The molecule has 0 atom stereocenters. The van der Waals surface area contributed by atoms with E-state index in [-0.39, 0.29) is 11.7 Å². The highest BCUT2D eigenvalue weighted by Crippen LogP contribution is 2.03. The van der Waals surface area contributed by atoms with Crippen LogP contribution in [0.5, 0.6) is 0 Å². The van der Waals surface area contributed by atoms with Crippen LogP contribution in [0.1, 0.15) is 29.3 Å². The second kappa shape index (κ2) is 5.27. The van der Waals surface area contributed by atoms with Gasteiger partial charge in [0.2, 0.25) is 0 Å². The molecule has 0 aliphatic carbocycles. The van der Waals surface area contributed by atoms with Crippen molar-refractivity contribution in [2.75, 3.05) is 0 Å². The van der Waals surface area contributed by atoms with Gasteiger partial charge in [-0.1, -0.05) is 13.3 Å². The van der Waals surface area contributed by atoms with Gasteiger partial charge in [-0.15, -0.1) is 0 Å². The first-order chi connectivity index (χ1) is 5.74. The Labute approximate surface area is 77.2 Å². The highest BCUT2D eigenvalue weighted by molar-refractivity contribution is 5.85. The van der Waals surface area contributed by atoms with Gasteiger partial charge in [-0.2, -0.15) is 0 Å². The summed E-state index contributed by atoms with van der Waals surface area (Å²) in [6.45, 7) is 2.03. The summed E-state index contributed by atoms with van der Waals surface area (Å²) in [4.78, 5) is 14.2. The summed E-state index contributed by atoms with van der Waals surface area (Å²) in [7, 11) is 0. The Balaban J connectivity index is 0.00000144. The van der Waals surface area contributed by atoms with Gasteiger partial charge in [-0.05, 0) is 18.1 Å². The first-order valence-corrected chi connectivity index (χ1v) is 3.89. The Morgan fingerprint density at radius 3 is 2.77 bits per heavy atom. The van der Waals surface area contributed by atoms with E-state index in [9.17, 15) is 9.90 Å². The minimum atomic E-state index is -1.17. The molecule has 0 amide bonds. The highest BCUT2D eigenvalue weighted by Gasteiger charge is 1.95. The number of rotatable bonds is 3. The summed E-state index contributed by atoms with van der Waals surface area (Å²) in [6, 6.07) is 1.60. The van der Waals surface area contributed by atoms with E-state index in [0.29, 0.717) is 0 Å². The standard InChI is InChI=1S/C9H11NO2.H3N/c1-2-3-7-4-8(9(11)12)6-10-5-7;/h4-6H,2-3H2,1H3,(H,11,12);1H3/p-1.